The fraction of sp³-hybridized carbons (Fsp3) is 0.158. The summed E-state index contributed by atoms with van der Waals surface area (Å²) in [4.78, 5) is 33.4. The normalized spacial score (nSPS) is 12.6. The van der Waals surface area contributed by atoms with Gasteiger partial charge in [-0.1, -0.05) is 18.2 Å². The van der Waals surface area contributed by atoms with E-state index in [-0.39, 0.29) is 5.56 Å². The summed E-state index contributed by atoms with van der Waals surface area (Å²) in [5.41, 5.74) is 7.31. The summed E-state index contributed by atoms with van der Waals surface area (Å²) >= 11 is 0. The number of nitrogens with zero attached hydrogens (tertiary/aromatic N) is 3. The van der Waals surface area contributed by atoms with E-state index in [0.717, 1.165) is 11.4 Å². The molecule has 3 aromatic rings. The molecule has 1 amide bonds. The summed E-state index contributed by atoms with van der Waals surface area (Å²) in [7, 11) is 0. The van der Waals surface area contributed by atoms with Gasteiger partial charge in [-0.05, 0) is 50.3 Å². The molecular formula is C19H18N4O2. The van der Waals surface area contributed by atoms with Crippen molar-refractivity contribution >= 4 is 29.0 Å². The Labute approximate surface area is 144 Å². The summed E-state index contributed by atoms with van der Waals surface area (Å²) in [6, 6.07) is 11.9. The SMILES string of the molecule is Cc1cccc(/C=C/c2nc3ccccc3c(=O)n2C(C)C(N)=O)n1. The van der Waals surface area contributed by atoms with Gasteiger partial charge >= 0.3 is 0 Å². The molecule has 0 radical (unpaired) electrons. The number of carbonyl (C=O) groups is 1. The van der Waals surface area contributed by atoms with E-state index in [4.69, 9.17) is 5.73 Å². The fourth-order valence-electron chi connectivity index (χ4n) is 2.60. The molecule has 1 unspecified atom stereocenters. The minimum absolute atomic E-state index is 0.297. The number of rotatable bonds is 4. The Morgan fingerprint density at radius 3 is 2.60 bits per heavy atom. The van der Waals surface area contributed by atoms with E-state index in [0.29, 0.717) is 16.7 Å². The molecule has 6 heteroatoms. The average molecular weight is 334 g/mol. The van der Waals surface area contributed by atoms with Crippen LogP contribution < -0.4 is 11.3 Å². The highest BCUT2D eigenvalue weighted by molar-refractivity contribution is 5.82. The Hall–Kier alpha value is -3.28. The zero-order chi connectivity index (χ0) is 18.0. The predicted molar refractivity (Wildman–Crippen MR) is 97.8 cm³/mol. The zero-order valence-electron chi connectivity index (χ0n) is 14.0. The summed E-state index contributed by atoms with van der Waals surface area (Å²) in [6.45, 7) is 3.49. The molecule has 0 aliphatic rings. The number of fused-ring (bicyclic) bond motifs is 1. The largest absolute Gasteiger partial charge is 0.368 e. The minimum Gasteiger partial charge on any atom is -0.368 e. The van der Waals surface area contributed by atoms with Crippen molar-refractivity contribution in [2.24, 2.45) is 5.73 Å². The number of para-hydroxylation sites is 1. The number of primary amides is 1. The van der Waals surface area contributed by atoms with Crippen LogP contribution in [0.15, 0.2) is 47.3 Å². The van der Waals surface area contributed by atoms with Crippen LogP contribution in [0.5, 0.6) is 0 Å². The lowest BCUT2D eigenvalue weighted by atomic mass is 10.2. The third kappa shape index (κ3) is 3.33. The highest BCUT2D eigenvalue weighted by Gasteiger charge is 2.18. The van der Waals surface area contributed by atoms with Crippen LogP contribution in [0, 0.1) is 6.92 Å². The maximum absolute atomic E-state index is 12.8. The smallest absolute Gasteiger partial charge is 0.262 e. The van der Waals surface area contributed by atoms with Crippen LogP contribution in [0.2, 0.25) is 0 Å². The van der Waals surface area contributed by atoms with Crippen molar-refractivity contribution in [2.75, 3.05) is 0 Å². The maximum atomic E-state index is 12.8. The Bertz CT molecular complexity index is 1040. The first-order valence-electron chi connectivity index (χ1n) is 7.89. The van der Waals surface area contributed by atoms with Crippen molar-refractivity contribution in [1.82, 2.24) is 14.5 Å². The monoisotopic (exact) mass is 334 g/mol. The number of nitrogens with two attached hydrogens (primary N) is 1. The molecule has 1 aromatic carbocycles. The molecule has 0 saturated carbocycles. The van der Waals surface area contributed by atoms with Gasteiger partial charge in [0.2, 0.25) is 5.91 Å². The second-order valence-corrected chi connectivity index (χ2v) is 5.78. The Kier molecular flexibility index (Phi) is 4.43. The topological polar surface area (TPSA) is 90.9 Å². The number of hydrogen-bond acceptors (Lipinski definition) is 4. The van der Waals surface area contributed by atoms with Gasteiger partial charge in [-0.3, -0.25) is 19.1 Å². The number of carbonyl (C=O) groups excluding carboxylic acids is 1. The lowest BCUT2D eigenvalue weighted by Crippen LogP contribution is -2.34. The molecular weight excluding hydrogens is 316 g/mol. The Balaban J connectivity index is 2.20. The summed E-state index contributed by atoms with van der Waals surface area (Å²) in [6.07, 6.45) is 3.43. The summed E-state index contributed by atoms with van der Waals surface area (Å²) in [5, 5.41) is 0.446. The van der Waals surface area contributed by atoms with Gasteiger partial charge in [-0.2, -0.15) is 0 Å². The van der Waals surface area contributed by atoms with Crippen LogP contribution in [-0.2, 0) is 4.79 Å². The van der Waals surface area contributed by atoms with Crippen LogP contribution in [0.4, 0.5) is 0 Å². The van der Waals surface area contributed by atoms with Crippen molar-refractivity contribution in [3.63, 3.8) is 0 Å². The van der Waals surface area contributed by atoms with Crippen molar-refractivity contribution < 1.29 is 4.79 Å². The quantitative estimate of drug-likeness (QED) is 0.792. The van der Waals surface area contributed by atoms with Crippen molar-refractivity contribution in [2.45, 2.75) is 19.9 Å². The van der Waals surface area contributed by atoms with E-state index in [1.165, 1.54) is 4.57 Å². The molecule has 1 atom stereocenters. The number of amides is 1. The van der Waals surface area contributed by atoms with Crippen molar-refractivity contribution in [3.8, 4) is 0 Å². The van der Waals surface area contributed by atoms with Crippen molar-refractivity contribution in [3.05, 3.63) is 70.0 Å². The van der Waals surface area contributed by atoms with Gasteiger partial charge in [0.1, 0.15) is 11.9 Å². The van der Waals surface area contributed by atoms with Gasteiger partial charge in [-0.15, -0.1) is 0 Å². The van der Waals surface area contributed by atoms with Gasteiger partial charge in [0.15, 0.2) is 0 Å². The molecule has 2 N–H and O–H groups in total. The van der Waals surface area contributed by atoms with E-state index < -0.39 is 11.9 Å². The molecule has 0 aliphatic carbocycles. The highest BCUT2D eigenvalue weighted by Crippen LogP contribution is 2.14. The molecule has 126 valence electrons. The average Bonchev–Trinajstić information content (AvgIpc) is 2.59. The molecule has 0 aliphatic heterocycles. The van der Waals surface area contributed by atoms with Crippen LogP contribution in [0.1, 0.15) is 30.2 Å². The highest BCUT2D eigenvalue weighted by atomic mass is 16.2. The van der Waals surface area contributed by atoms with Crippen LogP contribution >= 0.6 is 0 Å². The van der Waals surface area contributed by atoms with Gasteiger partial charge in [0.25, 0.3) is 5.56 Å². The van der Waals surface area contributed by atoms with Gasteiger partial charge < -0.3 is 5.73 Å². The molecule has 2 heterocycles. The van der Waals surface area contributed by atoms with Crippen LogP contribution in [0.3, 0.4) is 0 Å². The maximum Gasteiger partial charge on any atom is 0.262 e. The number of aryl methyl sites for hydroxylation is 1. The van der Waals surface area contributed by atoms with E-state index >= 15 is 0 Å². The summed E-state index contributed by atoms with van der Waals surface area (Å²) < 4.78 is 1.32. The number of aromatic nitrogens is 3. The first kappa shape index (κ1) is 16.6. The van der Waals surface area contributed by atoms with Gasteiger partial charge in [0, 0.05) is 5.69 Å². The molecule has 25 heavy (non-hydrogen) atoms. The lowest BCUT2D eigenvalue weighted by Gasteiger charge is -2.15. The van der Waals surface area contributed by atoms with E-state index in [1.54, 1.807) is 37.3 Å². The molecule has 3 rings (SSSR count). The first-order chi connectivity index (χ1) is 12.0. The number of pyridine rings is 1. The lowest BCUT2D eigenvalue weighted by molar-refractivity contribution is -0.120. The Morgan fingerprint density at radius 1 is 1.12 bits per heavy atom. The van der Waals surface area contributed by atoms with Crippen LogP contribution in [0.25, 0.3) is 23.1 Å². The van der Waals surface area contributed by atoms with Crippen LogP contribution in [-0.4, -0.2) is 20.4 Å². The predicted octanol–water partition coefficient (Wildman–Crippen LogP) is 2.32. The van der Waals surface area contributed by atoms with E-state index in [1.807, 2.05) is 31.2 Å². The zero-order valence-corrected chi connectivity index (χ0v) is 14.0. The molecule has 0 fully saturated rings. The van der Waals surface area contributed by atoms with E-state index in [2.05, 4.69) is 9.97 Å². The van der Waals surface area contributed by atoms with Gasteiger partial charge in [-0.25, -0.2) is 4.98 Å². The number of hydrogen-bond donors (Lipinski definition) is 1. The Morgan fingerprint density at radius 2 is 1.88 bits per heavy atom. The van der Waals surface area contributed by atoms with Crippen molar-refractivity contribution in [1.29, 1.82) is 0 Å². The van der Waals surface area contributed by atoms with Gasteiger partial charge in [0.05, 0.1) is 16.6 Å². The third-order valence-electron chi connectivity index (χ3n) is 3.95. The molecule has 2 aromatic heterocycles. The molecule has 6 nitrogen and oxygen atoms in total. The molecule has 0 saturated heterocycles. The standard InChI is InChI=1S/C19H18N4O2/c1-12-6-5-7-14(21-12)10-11-17-22-16-9-4-3-8-15(16)19(25)23(17)13(2)18(20)24/h3-11,13H,1-2H3,(H2,20,24)/b11-10+. The minimum atomic E-state index is -0.810. The van der Waals surface area contributed by atoms with E-state index in [9.17, 15) is 9.59 Å². The second kappa shape index (κ2) is 6.68. The third-order valence-corrected chi connectivity index (χ3v) is 3.95. The second-order valence-electron chi connectivity index (χ2n) is 5.78. The summed E-state index contributed by atoms with van der Waals surface area (Å²) in [5.74, 6) is -0.235. The first-order valence-corrected chi connectivity index (χ1v) is 7.89. The molecule has 0 bridgehead atoms. The molecule has 0 spiro atoms. The number of benzene rings is 1. The fourth-order valence-corrected chi connectivity index (χ4v) is 2.60.